The Morgan fingerprint density at radius 3 is 2.70 bits per heavy atom. The highest BCUT2D eigenvalue weighted by molar-refractivity contribution is 6.04. The lowest BCUT2D eigenvalue weighted by Gasteiger charge is -2.29. The van der Waals surface area contributed by atoms with E-state index in [1.807, 2.05) is 29.7 Å². The molecule has 30 heavy (non-hydrogen) atoms. The van der Waals surface area contributed by atoms with E-state index in [1.165, 1.54) is 12.1 Å². The number of hydrogen-bond acceptors (Lipinski definition) is 3. The molecule has 0 bridgehead atoms. The molecule has 3 aromatic rings. The maximum Gasteiger partial charge on any atom is 0.416 e. The molecule has 1 aliphatic rings. The molecule has 1 aliphatic carbocycles. The predicted octanol–water partition coefficient (Wildman–Crippen LogP) is 5.06. The summed E-state index contributed by atoms with van der Waals surface area (Å²) in [5.74, 6) is -0.295. The van der Waals surface area contributed by atoms with Crippen LogP contribution in [-0.2, 0) is 6.18 Å². The second-order valence-electron chi connectivity index (χ2n) is 7.86. The first-order valence-corrected chi connectivity index (χ1v) is 9.96. The molecule has 4 rings (SSSR count). The first-order chi connectivity index (χ1) is 14.2. The van der Waals surface area contributed by atoms with Gasteiger partial charge in [-0.25, -0.2) is 4.98 Å². The Morgan fingerprint density at radius 1 is 1.20 bits per heavy atom. The summed E-state index contributed by atoms with van der Waals surface area (Å²) in [4.78, 5) is 17.4. The van der Waals surface area contributed by atoms with Crippen LogP contribution < -0.4 is 11.1 Å². The van der Waals surface area contributed by atoms with Crippen LogP contribution in [0.15, 0.2) is 42.5 Å². The number of amides is 1. The number of fused-ring (bicyclic) bond motifs is 1. The number of carbonyl (C=O) groups is 1. The number of para-hydroxylation sites is 1. The molecule has 1 aromatic heterocycles. The number of imidazole rings is 1. The first-order valence-electron chi connectivity index (χ1n) is 9.96. The minimum Gasteiger partial charge on any atom is -0.328 e. The second kappa shape index (κ2) is 7.75. The van der Waals surface area contributed by atoms with E-state index >= 15 is 0 Å². The number of nitrogens with two attached hydrogens (primary N) is 1. The summed E-state index contributed by atoms with van der Waals surface area (Å²) in [6.45, 7) is 1.97. The lowest BCUT2D eigenvalue weighted by molar-refractivity contribution is -0.137. The molecule has 1 saturated carbocycles. The summed E-state index contributed by atoms with van der Waals surface area (Å²) >= 11 is 0. The van der Waals surface area contributed by atoms with Crippen LogP contribution >= 0.6 is 0 Å². The van der Waals surface area contributed by atoms with Crippen LogP contribution in [0.5, 0.6) is 0 Å². The summed E-state index contributed by atoms with van der Waals surface area (Å²) in [5.41, 5.74) is 7.91. The van der Waals surface area contributed by atoms with Crippen LogP contribution in [0.1, 0.15) is 53.2 Å². The van der Waals surface area contributed by atoms with Crippen LogP contribution in [-0.4, -0.2) is 21.5 Å². The lowest BCUT2D eigenvalue weighted by Crippen LogP contribution is -2.30. The molecule has 2 aromatic carbocycles. The highest BCUT2D eigenvalue weighted by Gasteiger charge is 2.31. The molecule has 0 unspecified atom stereocenters. The van der Waals surface area contributed by atoms with Crippen molar-refractivity contribution in [2.24, 2.45) is 5.73 Å². The normalized spacial score (nSPS) is 19.8. The van der Waals surface area contributed by atoms with Gasteiger partial charge in [0.2, 0.25) is 5.95 Å². The third kappa shape index (κ3) is 3.92. The van der Waals surface area contributed by atoms with Crippen molar-refractivity contribution in [3.63, 3.8) is 0 Å². The van der Waals surface area contributed by atoms with Crippen molar-refractivity contribution in [2.75, 3.05) is 5.32 Å². The fourth-order valence-corrected chi connectivity index (χ4v) is 4.21. The Labute approximate surface area is 172 Å². The molecule has 3 N–H and O–H groups in total. The molecule has 8 heteroatoms. The molecular formula is C22H23F3N4O. The van der Waals surface area contributed by atoms with Gasteiger partial charge in [0.25, 0.3) is 5.91 Å². The third-order valence-electron chi connectivity index (χ3n) is 5.64. The van der Waals surface area contributed by atoms with Crippen molar-refractivity contribution in [3.05, 3.63) is 59.2 Å². The Balaban J connectivity index is 1.73. The molecular weight excluding hydrogens is 393 g/mol. The van der Waals surface area contributed by atoms with Gasteiger partial charge in [-0.05, 0) is 62.4 Å². The van der Waals surface area contributed by atoms with E-state index in [2.05, 4.69) is 10.3 Å². The summed E-state index contributed by atoms with van der Waals surface area (Å²) in [6.07, 6.45) is -0.933. The number of nitrogens with zero attached hydrogens (tertiary/aromatic N) is 2. The zero-order chi connectivity index (χ0) is 21.5. The first kappa shape index (κ1) is 20.4. The topological polar surface area (TPSA) is 72.9 Å². The highest BCUT2D eigenvalue weighted by atomic mass is 19.4. The largest absolute Gasteiger partial charge is 0.416 e. The molecule has 158 valence electrons. The van der Waals surface area contributed by atoms with E-state index in [-0.39, 0.29) is 17.6 Å². The van der Waals surface area contributed by atoms with Crippen molar-refractivity contribution in [2.45, 2.75) is 50.9 Å². The number of rotatable bonds is 3. The van der Waals surface area contributed by atoms with Crippen LogP contribution in [0.2, 0.25) is 0 Å². The Hall–Kier alpha value is -2.87. The van der Waals surface area contributed by atoms with Gasteiger partial charge in [-0.1, -0.05) is 18.2 Å². The summed E-state index contributed by atoms with van der Waals surface area (Å²) in [7, 11) is 0. The third-order valence-corrected chi connectivity index (χ3v) is 5.64. The maximum atomic E-state index is 13.0. The fraction of sp³-hybridized carbons (Fsp3) is 0.364. The van der Waals surface area contributed by atoms with Gasteiger partial charge < -0.3 is 10.3 Å². The lowest BCUT2D eigenvalue weighted by atomic mass is 9.91. The molecule has 0 saturated heterocycles. The average Bonchev–Trinajstić information content (AvgIpc) is 3.06. The number of aromatic nitrogens is 2. The van der Waals surface area contributed by atoms with Gasteiger partial charge in [0, 0.05) is 17.6 Å². The molecule has 0 radical (unpaired) electrons. The van der Waals surface area contributed by atoms with E-state index in [9.17, 15) is 18.0 Å². The smallest absolute Gasteiger partial charge is 0.328 e. The maximum absolute atomic E-state index is 13.0. The zero-order valence-electron chi connectivity index (χ0n) is 16.5. The van der Waals surface area contributed by atoms with Gasteiger partial charge in [-0.15, -0.1) is 0 Å². The molecule has 1 heterocycles. The number of carbonyl (C=O) groups excluding carboxylic acids is 1. The number of benzene rings is 2. The zero-order valence-corrected chi connectivity index (χ0v) is 16.5. The number of hydrogen-bond donors (Lipinski definition) is 2. The van der Waals surface area contributed by atoms with Gasteiger partial charge in [0.1, 0.15) is 0 Å². The van der Waals surface area contributed by atoms with Crippen molar-refractivity contribution in [3.8, 4) is 0 Å². The Kier molecular flexibility index (Phi) is 5.27. The van der Waals surface area contributed by atoms with Gasteiger partial charge >= 0.3 is 6.18 Å². The van der Waals surface area contributed by atoms with E-state index in [0.29, 0.717) is 5.95 Å². The Morgan fingerprint density at radius 2 is 1.97 bits per heavy atom. The number of halogens is 3. The standard InChI is InChI=1S/C22H23F3N4O/c1-13-5-2-10-18-19(13)29(17-9-4-8-16(26)12-17)21(27-18)28-20(30)14-6-3-7-15(11-14)22(23,24)25/h2-3,5-7,10-11,16-17H,4,8-9,12,26H2,1H3,(H,27,28,30)/t16-,17-/m0/s1. The van der Waals surface area contributed by atoms with E-state index in [1.54, 1.807) is 0 Å². The van der Waals surface area contributed by atoms with Crippen molar-refractivity contribution in [1.82, 2.24) is 9.55 Å². The van der Waals surface area contributed by atoms with Gasteiger partial charge in [0.05, 0.1) is 16.6 Å². The minimum absolute atomic E-state index is 0.0664. The van der Waals surface area contributed by atoms with E-state index in [0.717, 1.165) is 54.4 Å². The van der Waals surface area contributed by atoms with Crippen LogP contribution in [0, 0.1) is 6.92 Å². The molecule has 0 spiro atoms. The highest BCUT2D eigenvalue weighted by Crippen LogP contribution is 2.35. The summed E-state index contributed by atoms with van der Waals surface area (Å²) in [6, 6.07) is 10.2. The molecule has 1 amide bonds. The number of anilines is 1. The quantitative estimate of drug-likeness (QED) is 0.627. The monoisotopic (exact) mass is 416 g/mol. The number of nitrogens with one attached hydrogen (secondary N) is 1. The number of alkyl halides is 3. The fourth-order valence-electron chi connectivity index (χ4n) is 4.21. The van der Waals surface area contributed by atoms with Gasteiger partial charge in [-0.2, -0.15) is 13.2 Å². The number of aryl methyl sites for hydroxylation is 1. The predicted molar refractivity (Wildman–Crippen MR) is 109 cm³/mol. The van der Waals surface area contributed by atoms with Crippen LogP contribution in [0.25, 0.3) is 11.0 Å². The van der Waals surface area contributed by atoms with Crippen molar-refractivity contribution in [1.29, 1.82) is 0 Å². The summed E-state index contributed by atoms with van der Waals surface area (Å²) < 4.78 is 41.1. The van der Waals surface area contributed by atoms with Crippen molar-refractivity contribution < 1.29 is 18.0 Å². The minimum atomic E-state index is -4.52. The van der Waals surface area contributed by atoms with Crippen molar-refractivity contribution >= 4 is 22.9 Å². The average molecular weight is 416 g/mol. The molecule has 2 atom stereocenters. The van der Waals surface area contributed by atoms with Gasteiger partial charge in [0.15, 0.2) is 0 Å². The van der Waals surface area contributed by atoms with Crippen LogP contribution in [0.4, 0.5) is 19.1 Å². The second-order valence-corrected chi connectivity index (χ2v) is 7.86. The molecule has 1 fully saturated rings. The molecule has 5 nitrogen and oxygen atoms in total. The van der Waals surface area contributed by atoms with Crippen LogP contribution in [0.3, 0.4) is 0 Å². The van der Waals surface area contributed by atoms with Gasteiger partial charge in [-0.3, -0.25) is 10.1 Å². The van der Waals surface area contributed by atoms with E-state index in [4.69, 9.17) is 5.73 Å². The SMILES string of the molecule is Cc1cccc2nc(NC(=O)c3cccc(C(F)(F)F)c3)n([C@H]3CCC[C@H](N)C3)c12. The Bertz CT molecular complexity index is 1090. The molecule has 0 aliphatic heterocycles. The summed E-state index contributed by atoms with van der Waals surface area (Å²) in [5, 5.41) is 2.74. The van der Waals surface area contributed by atoms with E-state index < -0.39 is 17.6 Å².